The van der Waals surface area contributed by atoms with Crippen molar-refractivity contribution >= 4 is 12.0 Å². The van der Waals surface area contributed by atoms with Crippen LogP contribution in [0, 0.1) is 0 Å². The molecule has 43 heavy (non-hydrogen) atoms. The number of hydrogen-bond donors (Lipinski definition) is 0. The molecule has 0 unspecified atom stereocenters. The third kappa shape index (κ3) is 19.8. The van der Waals surface area contributed by atoms with Crippen molar-refractivity contribution in [2.45, 2.75) is 180 Å². The fraction of sp³-hybridized carbons (Fsp3) is 0.769. The number of hydrogen-bond acceptors (Lipinski definition) is 4. The van der Waals surface area contributed by atoms with Gasteiger partial charge in [0.05, 0.1) is 13.2 Å². The van der Waals surface area contributed by atoms with E-state index in [1.807, 2.05) is 24.3 Å². The summed E-state index contributed by atoms with van der Waals surface area (Å²) in [6.07, 6.45) is 35.2. The predicted molar refractivity (Wildman–Crippen MR) is 183 cm³/mol. The van der Waals surface area contributed by atoms with Gasteiger partial charge in [0.1, 0.15) is 17.6 Å². The van der Waals surface area contributed by atoms with Gasteiger partial charge in [-0.15, -0.1) is 0 Å². The second kappa shape index (κ2) is 26.4. The van der Waals surface area contributed by atoms with Gasteiger partial charge in [-0.3, -0.25) is 0 Å². The molecule has 1 saturated carbocycles. The minimum absolute atomic E-state index is 0.0690. The van der Waals surface area contributed by atoms with E-state index >= 15 is 0 Å². The number of unbranched alkanes of at least 4 members (excludes halogenated alkanes) is 18. The number of carbonyl (C=O) groups is 1. The molecule has 4 nitrogen and oxygen atoms in total. The number of benzene rings is 1. The summed E-state index contributed by atoms with van der Waals surface area (Å²) in [7, 11) is 0. The summed E-state index contributed by atoms with van der Waals surface area (Å²) in [5.74, 6) is 1.38. The van der Waals surface area contributed by atoms with Crippen LogP contribution >= 0.6 is 0 Å². The molecule has 0 spiro atoms. The Kier molecular flexibility index (Phi) is 22.9. The zero-order valence-corrected chi connectivity index (χ0v) is 28.2. The van der Waals surface area contributed by atoms with Crippen molar-refractivity contribution in [3.63, 3.8) is 0 Å². The molecule has 1 aliphatic rings. The van der Waals surface area contributed by atoms with Crippen molar-refractivity contribution < 1.29 is 19.0 Å². The molecule has 246 valence electrons. The highest BCUT2D eigenvalue weighted by atomic mass is 16.5. The van der Waals surface area contributed by atoms with Crippen molar-refractivity contribution in [2.75, 3.05) is 13.2 Å². The van der Waals surface area contributed by atoms with Crippen molar-refractivity contribution in [1.82, 2.24) is 0 Å². The Balaban J connectivity index is 1.75. The fourth-order valence-electron chi connectivity index (χ4n) is 5.96. The second-order valence-electron chi connectivity index (χ2n) is 12.8. The Bertz CT molecular complexity index is 827. The lowest BCUT2D eigenvalue weighted by Gasteiger charge is -2.20. The monoisotopic (exact) mass is 598 g/mol. The molecule has 1 fully saturated rings. The number of carbonyl (C=O) groups excluding carboxylic acids is 1. The van der Waals surface area contributed by atoms with Gasteiger partial charge >= 0.3 is 5.97 Å². The van der Waals surface area contributed by atoms with Gasteiger partial charge in [-0.2, -0.15) is 0 Å². The van der Waals surface area contributed by atoms with Crippen LogP contribution in [0.3, 0.4) is 0 Å². The number of rotatable bonds is 27. The molecule has 0 amide bonds. The Morgan fingerprint density at radius 1 is 0.651 bits per heavy atom. The first-order chi connectivity index (χ1) is 21.2. The first-order valence-electron chi connectivity index (χ1n) is 18.5. The van der Waals surface area contributed by atoms with Crippen LogP contribution in [-0.2, 0) is 9.53 Å². The van der Waals surface area contributed by atoms with Crippen LogP contribution in [0.4, 0.5) is 0 Å². The van der Waals surface area contributed by atoms with Crippen LogP contribution in [0.1, 0.15) is 180 Å². The maximum absolute atomic E-state index is 12.5. The van der Waals surface area contributed by atoms with Crippen molar-refractivity contribution in [2.24, 2.45) is 0 Å². The molecular weight excluding hydrogens is 532 g/mol. The summed E-state index contributed by atoms with van der Waals surface area (Å²) in [4.78, 5) is 12.5. The first kappa shape index (κ1) is 37.2. The highest BCUT2D eigenvalue weighted by molar-refractivity contribution is 5.87. The Hall–Kier alpha value is -1.97. The molecule has 1 aromatic rings. The standard InChI is InChI=1S/C39H66O4/c1-3-5-7-9-11-13-15-17-19-24-32-41-37-30-28-35(29-31-39(40)43-36-26-22-21-23-27-36)38(34-37)42-33-25-20-18-16-14-12-10-8-6-4-2/h28-31,34,36H,3-27,32-33H2,1-2H3. The first-order valence-corrected chi connectivity index (χ1v) is 18.5. The SMILES string of the molecule is CCCCCCCCCCCCOc1ccc(C=CC(=O)OC2CCCCC2)c(OCCCCCCCCCCCC)c1. The topological polar surface area (TPSA) is 44.8 Å². The summed E-state index contributed by atoms with van der Waals surface area (Å²) >= 11 is 0. The molecule has 2 rings (SSSR count). The molecule has 0 aliphatic heterocycles. The highest BCUT2D eigenvalue weighted by Crippen LogP contribution is 2.27. The Morgan fingerprint density at radius 3 is 1.67 bits per heavy atom. The number of esters is 1. The van der Waals surface area contributed by atoms with E-state index in [0.29, 0.717) is 6.61 Å². The summed E-state index contributed by atoms with van der Waals surface area (Å²) in [6.45, 7) is 5.97. The van der Waals surface area contributed by atoms with Crippen LogP contribution in [0.5, 0.6) is 11.5 Å². The maximum atomic E-state index is 12.5. The minimum atomic E-state index is -0.256. The van der Waals surface area contributed by atoms with Crippen LogP contribution in [-0.4, -0.2) is 25.3 Å². The lowest BCUT2D eigenvalue weighted by Crippen LogP contribution is -2.19. The highest BCUT2D eigenvalue weighted by Gasteiger charge is 2.16. The van der Waals surface area contributed by atoms with Crippen LogP contribution in [0.25, 0.3) is 6.08 Å². The van der Waals surface area contributed by atoms with Crippen LogP contribution in [0.15, 0.2) is 24.3 Å². The molecule has 1 aromatic carbocycles. The van der Waals surface area contributed by atoms with Gasteiger partial charge in [-0.05, 0) is 56.7 Å². The molecule has 0 bridgehead atoms. The van der Waals surface area contributed by atoms with Gasteiger partial charge in [0.15, 0.2) is 0 Å². The van der Waals surface area contributed by atoms with Crippen molar-refractivity contribution in [3.8, 4) is 11.5 Å². The van der Waals surface area contributed by atoms with E-state index < -0.39 is 0 Å². The maximum Gasteiger partial charge on any atom is 0.331 e. The lowest BCUT2D eigenvalue weighted by molar-refractivity contribution is -0.144. The van der Waals surface area contributed by atoms with Gasteiger partial charge in [0.25, 0.3) is 0 Å². The molecule has 4 heteroatoms. The van der Waals surface area contributed by atoms with Gasteiger partial charge in [0.2, 0.25) is 0 Å². The van der Waals surface area contributed by atoms with Gasteiger partial charge in [0, 0.05) is 17.7 Å². The van der Waals surface area contributed by atoms with Crippen molar-refractivity contribution in [3.05, 3.63) is 29.8 Å². The average Bonchev–Trinajstić information content (AvgIpc) is 3.02. The van der Waals surface area contributed by atoms with Gasteiger partial charge in [-0.25, -0.2) is 4.79 Å². The minimum Gasteiger partial charge on any atom is -0.493 e. The van der Waals surface area contributed by atoms with E-state index in [9.17, 15) is 4.79 Å². The van der Waals surface area contributed by atoms with E-state index in [1.165, 1.54) is 122 Å². The Labute approximate surface area is 265 Å². The van der Waals surface area contributed by atoms with Crippen LogP contribution in [0.2, 0.25) is 0 Å². The molecule has 0 heterocycles. The van der Waals surface area contributed by atoms with E-state index in [0.717, 1.165) is 62.2 Å². The largest absolute Gasteiger partial charge is 0.493 e. The third-order valence-electron chi connectivity index (χ3n) is 8.74. The molecule has 0 radical (unpaired) electrons. The normalized spacial score (nSPS) is 13.9. The molecular formula is C39H66O4. The second-order valence-corrected chi connectivity index (χ2v) is 12.8. The predicted octanol–water partition coefficient (Wildman–Crippen LogP) is 12.2. The molecule has 0 atom stereocenters. The summed E-state index contributed by atoms with van der Waals surface area (Å²) in [5, 5.41) is 0. The Morgan fingerprint density at radius 2 is 1.14 bits per heavy atom. The summed E-state index contributed by atoms with van der Waals surface area (Å²) < 4.78 is 18.0. The molecule has 0 saturated heterocycles. The van der Waals surface area contributed by atoms with E-state index in [4.69, 9.17) is 14.2 Å². The zero-order valence-electron chi connectivity index (χ0n) is 28.2. The molecule has 0 N–H and O–H groups in total. The lowest BCUT2D eigenvalue weighted by atomic mass is 9.98. The molecule has 1 aliphatic carbocycles. The number of ether oxygens (including phenoxy) is 3. The van der Waals surface area contributed by atoms with Crippen LogP contribution < -0.4 is 9.47 Å². The third-order valence-corrected chi connectivity index (χ3v) is 8.74. The summed E-state index contributed by atoms with van der Waals surface area (Å²) in [6, 6.07) is 6.00. The van der Waals surface area contributed by atoms with E-state index in [-0.39, 0.29) is 12.1 Å². The van der Waals surface area contributed by atoms with Crippen molar-refractivity contribution in [1.29, 1.82) is 0 Å². The van der Waals surface area contributed by atoms with Gasteiger partial charge < -0.3 is 14.2 Å². The fourth-order valence-corrected chi connectivity index (χ4v) is 5.96. The quantitative estimate of drug-likeness (QED) is 0.0574. The summed E-state index contributed by atoms with van der Waals surface area (Å²) in [5.41, 5.74) is 0.902. The van der Waals surface area contributed by atoms with E-state index in [2.05, 4.69) is 13.8 Å². The zero-order chi connectivity index (χ0) is 30.6. The smallest absolute Gasteiger partial charge is 0.331 e. The van der Waals surface area contributed by atoms with Gasteiger partial charge in [-0.1, -0.05) is 136 Å². The average molecular weight is 599 g/mol. The van der Waals surface area contributed by atoms with E-state index in [1.54, 1.807) is 6.08 Å². The molecule has 0 aromatic heterocycles.